The second-order valence-corrected chi connectivity index (χ2v) is 2.80. The number of alkyl halides is 3. The molecule has 0 aromatic rings. The van der Waals surface area contributed by atoms with Crippen molar-refractivity contribution in [2.75, 3.05) is 14.2 Å². The molecule has 0 aromatic carbocycles. The SMILES string of the molecule is CON(C)C(=O)/C=C(\C)CC(F)(F)F. The Labute approximate surface area is 80.1 Å². The average Bonchev–Trinajstić information content (AvgIpc) is 1.99. The van der Waals surface area contributed by atoms with Gasteiger partial charge < -0.3 is 0 Å². The molecule has 0 heterocycles. The van der Waals surface area contributed by atoms with E-state index in [-0.39, 0.29) is 5.57 Å². The molecule has 3 nitrogen and oxygen atoms in total. The summed E-state index contributed by atoms with van der Waals surface area (Å²) in [5.74, 6) is -0.616. The molecule has 1 amide bonds. The van der Waals surface area contributed by atoms with E-state index in [4.69, 9.17) is 0 Å². The van der Waals surface area contributed by atoms with Crippen LogP contribution in [0.1, 0.15) is 13.3 Å². The standard InChI is InChI=1S/C8H12F3NO2/c1-6(5-8(9,10)11)4-7(13)12(2)14-3/h4H,5H2,1-3H3/b6-4+. The van der Waals surface area contributed by atoms with Crippen molar-refractivity contribution in [3.8, 4) is 0 Å². The van der Waals surface area contributed by atoms with Crippen molar-refractivity contribution in [1.29, 1.82) is 0 Å². The number of amides is 1. The molecule has 0 atom stereocenters. The third kappa shape index (κ3) is 5.58. The van der Waals surface area contributed by atoms with E-state index in [1.54, 1.807) is 0 Å². The summed E-state index contributed by atoms with van der Waals surface area (Å²) in [6.45, 7) is 1.24. The minimum Gasteiger partial charge on any atom is -0.274 e. The summed E-state index contributed by atoms with van der Waals surface area (Å²) in [6, 6.07) is 0. The lowest BCUT2D eigenvalue weighted by atomic mass is 10.2. The van der Waals surface area contributed by atoms with E-state index in [0.29, 0.717) is 0 Å². The average molecular weight is 211 g/mol. The first-order valence-corrected chi connectivity index (χ1v) is 3.82. The second-order valence-electron chi connectivity index (χ2n) is 2.80. The molecule has 0 aliphatic carbocycles. The Bertz CT molecular complexity index is 235. The molecule has 0 saturated carbocycles. The van der Waals surface area contributed by atoms with Crippen molar-refractivity contribution in [3.05, 3.63) is 11.6 Å². The van der Waals surface area contributed by atoms with Gasteiger partial charge in [0.25, 0.3) is 5.91 Å². The lowest BCUT2D eigenvalue weighted by molar-refractivity contribution is -0.162. The Morgan fingerprint density at radius 2 is 2.00 bits per heavy atom. The predicted molar refractivity (Wildman–Crippen MR) is 44.2 cm³/mol. The third-order valence-corrected chi connectivity index (χ3v) is 1.43. The van der Waals surface area contributed by atoms with E-state index in [2.05, 4.69) is 4.84 Å². The van der Waals surface area contributed by atoms with Crippen LogP contribution in [0, 0.1) is 0 Å². The van der Waals surface area contributed by atoms with Gasteiger partial charge in [-0.2, -0.15) is 13.2 Å². The van der Waals surface area contributed by atoms with Gasteiger partial charge in [0, 0.05) is 13.1 Å². The van der Waals surface area contributed by atoms with E-state index in [1.807, 2.05) is 0 Å². The van der Waals surface area contributed by atoms with Gasteiger partial charge in [-0.1, -0.05) is 5.57 Å². The van der Waals surface area contributed by atoms with Gasteiger partial charge in [0.1, 0.15) is 0 Å². The molecular formula is C8H12F3NO2. The van der Waals surface area contributed by atoms with Crippen molar-refractivity contribution in [2.45, 2.75) is 19.5 Å². The molecule has 0 fully saturated rings. The molecule has 0 spiro atoms. The largest absolute Gasteiger partial charge is 0.392 e. The van der Waals surface area contributed by atoms with Gasteiger partial charge in [-0.25, -0.2) is 5.06 Å². The van der Waals surface area contributed by atoms with Crippen LogP contribution in [0.4, 0.5) is 13.2 Å². The molecule has 0 radical (unpaired) electrons. The number of rotatable bonds is 3. The minimum absolute atomic E-state index is 0.0496. The summed E-state index contributed by atoms with van der Waals surface area (Å²) in [4.78, 5) is 15.5. The molecule has 0 saturated heterocycles. The summed E-state index contributed by atoms with van der Waals surface area (Å²) in [6.07, 6.45) is -4.47. The quantitative estimate of drug-likeness (QED) is 0.527. The molecule has 0 bridgehead atoms. The Morgan fingerprint density at radius 3 is 2.36 bits per heavy atom. The number of carbonyl (C=O) groups excluding carboxylic acids is 1. The van der Waals surface area contributed by atoms with Gasteiger partial charge in [0.2, 0.25) is 0 Å². The van der Waals surface area contributed by atoms with Gasteiger partial charge in [0.05, 0.1) is 13.5 Å². The molecule has 0 aromatic heterocycles. The van der Waals surface area contributed by atoms with Crippen LogP contribution in [0.15, 0.2) is 11.6 Å². The molecule has 0 aliphatic heterocycles. The zero-order valence-electron chi connectivity index (χ0n) is 8.18. The smallest absolute Gasteiger partial charge is 0.274 e. The van der Waals surface area contributed by atoms with Crippen molar-refractivity contribution < 1.29 is 22.8 Å². The number of nitrogens with zero attached hydrogens (tertiary/aromatic N) is 1. The Hall–Kier alpha value is -1.04. The number of hydroxylamine groups is 2. The maximum atomic E-state index is 11.8. The Morgan fingerprint density at radius 1 is 1.50 bits per heavy atom. The second kappa shape index (κ2) is 4.99. The highest BCUT2D eigenvalue weighted by Gasteiger charge is 2.27. The lowest BCUT2D eigenvalue weighted by Crippen LogP contribution is -2.23. The zero-order valence-corrected chi connectivity index (χ0v) is 8.18. The number of hydrogen-bond donors (Lipinski definition) is 0. The highest BCUT2D eigenvalue weighted by Crippen LogP contribution is 2.23. The van der Waals surface area contributed by atoms with Crippen molar-refractivity contribution >= 4 is 5.91 Å². The van der Waals surface area contributed by atoms with E-state index >= 15 is 0 Å². The van der Waals surface area contributed by atoms with E-state index < -0.39 is 18.5 Å². The topological polar surface area (TPSA) is 29.5 Å². The lowest BCUT2D eigenvalue weighted by Gasteiger charge is -2.12. The number of halogens is 3. The normalized spacial score (nSPS) is 12.9. The molecule has 6 heteroatoms. The monoisotopic (exact) mass is 211 g/mol. The number of allylic oxidation sites excluding steroid dienone is 1. The fourth-order valence-corrected chi connectivity index (χ4v) is 0.759. The van der Waals surface area contributed by atoms with Crippen molar-refractivity contribution in [1.82, 2.24) is 5.06 Å². The van der Waals surface area contributed by atoms with Gasteiger partial charge in [-0.05, 0) is 6.92 Å². The van der Waals surface area contributed by atoms with E-state index in [0.717, 1.165) is 11.1 Å². The molecule has 0 rings (SSSR count). The van der Waals surface area contributed by atoms with Crippen molar-refractivity contribution in [2.24, 2.45) is 0 Å². The number of carbonyl (C=O) groups is 1. The summed E-state index contributed by atoms with van der Waals surface area (Å²) < 4.78 is 35.5. The minimum atomic E-state index is -4.29. The summed E-state index contributed by atoms with van der Waals surface area (Å²) in [7, 11) is 2.57. The fourth-order valence-electron chi connectivity index (χ4n) is 0.759. The molecule has 0 aliphatic rings. The van der Waals surface area contributed by atoms with Crippen LogP contribution in [-0.4, -0.2) is 31.3 Å². The van der Waals surface area contributed by atoms with Crippen LogP contribution >= 0.6 is 0 Å². The maximum Gasteiger partial charge on any atom is 0.392 e. The molecule has 82 valence electrons. The number of likely N-dealkylation sites (N-methyl/N-ethyl adjacent to an activating group) is 1. The van der Waals surface area contributed by atoms with Crippen LogP contribution < -0.4 is 0 Å². The summed E-state index contributed by atoms with van der Waals surface area (Å²) in [5, 5.41) is 0.847. The van der Waals surface area contributed by atoms with Crippen LogP contribution in [0.25, 0.3) is 0 Å². The van der Waals surface area contributed by atoms with Crippen LogP contribution in [0.5, 0.6) is 0 Å². The highest BCUT2D eigenvalue weighted by atomic mass is 19.4. The van der Waals surface area contributed by atoms with Crippen molar-refractivity contribution in [3.63, 3.8) is 0 Å². The zero-order chi connectivity index (χ0) is 11.4. The first-order chi connectivity index (χ1) is 6.26. The van der Waals surface area contributed by atoms with Gasteiger partial charge in [0.15, 0.2) is 0 Å². The summed E-state index contributed by atoms with van der Waals surface area (Å²) >= 11 is 0. The molecule has 0 N–H and O–H groups in total. The van der Waals surface area contributed by atoms with Crippen LogP contribution in [-0.2, 0) is 9.63 Å². The summed E-state index contributed by atoms with van der Waals surface area (Å²) in [5.41, 5.74) is -0.0496. The van der Waals surface area contributed by atoms with E-state index in [9.17, 15) is 18.0 Å². The molecule has 14 heavy (non-hydrogen) atoms. The van der Waals surface area contributed by atoms with Gasteiger partial charge >= 0.3 is 6.18 Å². The van der Waals surface area contributed by atoms with E-state index in [1.165, 1.54) is 21.1 Å². The highest BCUT2D eigenvalue weighted by molar-refractivity contribution is 5.87. The first kappa shape index (κ1) is 13.0. The first-order valence-electron chi connectivity index (χ1n) is 3.82. The molecular weight excluding hydrogens is 199 g/mol. The predicted octanol–water partition coefficient (Wildman–Crippen LogP) is 1.90. The van der Waals surface area contributed by atoms with Gasteiger partial charge in [-0.15, -0.1) is 0 Å². The molecule has 0 unspecified atom stereocenters. The van der Waals surface area contributed by atoms with Gasteiger partial charge in [-0.3, -0.25) is 9.63 Å². The Kier molecular flexibility index (Phi) is 4.62. The maximum absolute atomic E-state index is 11.8. The van der Waals surface area contributed by atoms with Crippen LogP contribution in [0.3, 0.4) is 0 Å². The fraction of sp³-hybridized carbons (Fsp3) is 0.625. The number of hydrogen-bond acceptors (Lipinski definition) is 2. The third-order valence-electron chi connectivity index (χ3n) is 1.43. The van der Waals surface area contributed by atoms with Crippen LogP contribution in [0.2, 0.25) is 0 Å². The Balaban J connectivity index is 4.31.